The minimum Gasteiger partial charge on any atom is -0.324 e. The first-order valence-corrected chi connectivity index (χ1v) is 13.7. The molecule has 1 unspecified atom stereocenters. The van der Waals surface area contributed by atoms with E-state index in [2.05, 4.69) is 20.9 Å². The lowest BCUT2D eigenvalue weighted by Crippen LogP contribution is -2.30. The van der Waals surface area contributed by atoms with Gasteiger partial charge in [0, 0.05) is 33.6 Å². The summed E-state index contributed by atoms with van der Waals surface area (Å²) in [6, 6.07) is 24.0. The van der Waals surface area contributed by atoms with Crippen molar-refractivity contribution in [2.75, 3.05) is 10.6 Å². The molecule has 0 saturated heterocycles. The van der Waals surface area contributed by atoms with Crippen LogP contribution in [0, 0.1) is 0 Å². The number of benzene rings is 3. The first-order chi connectivity index (χ1) is 19.3. The predicted octanol–water partition coefficient (Wildman–Crippen LogP) is 6.92. The van der Waals surface area contributed by atoms with Gasteiger partial charge in [-0.3, -0.25) is 19.4 Å². The molecular weight excluding hydrogens is 567 g/mol. The van der Waals surface area contributed by atoms with Gasteiger partial charge in [-0.15, -0.1) is 11.8 Å². The van der Waals surface area contributed by atoms with Gasteiger partial charge < -0.3 is 16.0 Å². The summed E-state index contributed by atoms with van der Waals surface area (Å²) in [5.74, 6) is -1.14. The Labute approximate surface area is 246 Å². The Morgan fingerprint density at radius 2 is 1.65 bits per heavy atom. The van der Waals surface area contributed by atoms with Crippen LogP contribution in [0.1, 0.15) is 22.8 Å². The summed E-state index contributed by atoms with van der Waals surface area (Å²) in [5, 5.41) is 8.72. The van der Waals surface area contributed by atoms with Crippen molar-refractivity contribution >= 4 is 70.1 Å². The standard InChI is InChI=1S/C30H24Cl2N4O3S/c1-19(28(37)35-26-17-22(31)9-14-25(26)32)40-24-12-10-23(11-13-24)34-30(39)27(16-20-6-5-15-33-18-20)36-29(38)21-7-3-2-4-8-21/h2-19H,1H3,(H,34,39)(H,35,37)(H,36,38)/b27-16-. The molecule has 0 radical (unpaired) electrons. The Morgan fingerprint density at radius 3 is 2.35 bits per heavy atom. The van der Waals surface area contributed by atoms with E-state index < -0.39 is 17.1 Å². The van der Waals surface area contributed by atoms with Crippen molar-refractivity contribution in [1.82, 2.24) is 10.3 Å². The number of pyridine rings is 1. The number of hydrogen-bond donors (Lipinski definition) is 3. The molecule has 1 atom stereocenters. The molecule has 4 aromatic rings. The van der Waals surface area contributed by atoms with Gasteiger partial charge in [0.1, 0.15) is 5.70 Å². The summed E-state index contributed by atoms with van der Waals surface area (Å²) in [5.41, 5.74) is 2.09. The Kier molecular flexibility index (Phi) is 9.96. The van der Waals surface area contributed by atoms with Crippen molar-refractivity contribution in [2.45, 2.75) is 17.1 Å². The maximum absolute atomic E-state index is 13.2. The number of thioether (sulfide) groups is 1. The lowest BCUT2D eigenvalue weighted by Gasteiger charge is -2.14. The van der Waals surface area contributed by atoms with Crippen molar-refractivity contribution in [3.05, 3.63) is 124 Å². The molecular formula is C30H24Cl2N4O3S. The van der Waals surface area contributed by atoms with Crippen molar-refractivity contribution in [2.24, 2.45) is 0 Å². The number of rotatable bonds is 9. The SMILES string of the molecule is CC(Sc1ccc(NC(=O)/C(=C/c2cccnc2)NC(=O)c2ccccc2)cc1)C(=O)Nc1cc(Cl)ccc1Cl. The summed E-state index contributed by atoms with van der Waals surface area (Å²) < 4.78 is 0. The van der Waals surface area contributed by atoms with Crippen molar-refractivity contribution in [1.29, 1.82) is 0 Å². The van der Waals surface area contributed by atoms with Crippen LogP contribution in [0.4, 0.5) is 11.4 Å². The highest BCUT2D eigenvalue weighted by Gasteiger charge is 2.18. The summed E-state index contributed by atoms with van der Waals surface area (Å²) >= 11 is 13.5. The molecule has 0 saturated carbocycles. The third kappa shape index (κ3) is 8.19. The van der Waals surface area contributed by atoms with Crippen LogP contribution in [0.3, 0.4) is 0 Å². The number of hydrogen-bond acceptors (Lipinski definition) is 5. The summed E-state index contributed by atoms with van der Waals surface area (Å²) in [4.78, 5) is 43.5. The molecule has 3 N–H and O–H groups in total. The van der Waals surface area contributed by atoms with Gasteiger partial charge in [-0.2, -0.15) is 0 Å². The summed E-state index contributed by atoms with van der Waals surface area (Å²) in [6.07, 6.45) is 4.77. The second kappa shape index (κ2) is 13.8. The molecule has 0 fully saturated rings. The first-order valence-electron chi connectivity index (χ1n) is 12.1. The number of halogens is 2. The fourth-order valence-electron chi connectivity index (χ4n) is 3.47. The highest BCUT2D eigenvalue weighted by Crippen LogP contribution is 2.29. The number of amides is 3. The van der Waals surface area contributed by atoms with E-state index in [4.69, 9.17) is 23.2 Å². The Morgan fingerprint density at radius 1 is 0.900 bits per heavy atom. The molecule has 3 amide bonds. The second-order valence-electron chi connectivity index (χ2n) is 8.52. The van der Waals surface area contributed by atoms with Gasteiger partial charge in [0.25, 0.3) is 11.8 Å². The van der Waals surface area contributed by atoms with Crippen molar-refractivity contribution in [3.8, 4) is 0 Å². The van der Waals surface area contributed by atoms with Crippen LogP contribution >= 0.6 is 35.0 Å². The number of anilines is 2. The number of aromatic nitrogens is 1. The van der Waals surface area contributed by atoms with Crippen LogP contribution in [0.15, 0.2) is 108 Å². The molecule has 7 nitrogen and oxygen atoms in total. The van der Waals surface area contributed by atoms with Gasteiger partial charge in [0.05, 0.1) is 16.0 Å². The fourth-order valence-corrected chi connectivity index (χ4v) is 4.68. The molecule has 0 aliphatic rings. The average Bonchev–Trinajstić information content (AvgIpc) is 2.96. The third-order valence-electron chi connectivity index (χ3n) is 5.50. The summed E-state index contributed by atoms with van der Waals surface area (Å²) in [7, 11) is 0. The monoisotopic (exact) mass is 590 g/mol. The van der Waals surface area contributed by atoms with Crippen LogP contribution in [0.5, 0.6) is 0 Å². The van der Waals surface area contributed by atoms with Gasteiger partial charge in [-0.1, -0.05) is 47.5 Å². The molecule has 4 rings (SSSR count). The summed E-state index contributed by atoms with van der Waals surface area (Å²) in [6.45, 7) is 1.78. The van der Waals surface area contributed by atoms with E-state index in [0.29, 0.717) is 32.5 Å². The molecule has 0 bridgehead atoms. The van der Waals surface area contributed by atoms with Crippen molar-refractivity contribution in [3.63, 3.8) is 0 Å². The predicted molar refractivity (Wildman–Crippen MR) is 162 cm³/mol. The first kappa shape index (κ1) is 28.9. The quantitative estimate of drug-likeness (QED) is 0.145. The zero-order valence-corrected chi connectivity index (χ0v) is 23.6. The van der Waals surface area contributed by atoms with Crippen molar-refractivity contribution < 1.29 is 14.4 Å². The van der Waals surface area contributed by atoms with Gasteiger partial charge in [0.15, 0.2) is 0 Å². The van der Waals surface area contributed by atoms with Crippen LogP contribution in [0.2, 0.25) is 10.0 Å². The molecule has 10 heteroatoms. The van der Waals surface area contributed by atoms with Gasteiger partial charge in [-0.05, 0) is 79.2 Å². The number of carbonyl (C=O) groups is 3. The molecule has 3 aromatic carbocycles. The Balaban J connectivity index is 1.41. The number of nitrogens with zero attached hydrogens (tertiary/aromatic N) is 1. The minimum absolute atomic E-state index is 0.0604. The molecule has 1 heterocycles. The van der Waals surface area contributed by atoms with Crippen LogP contribution in [0.25, 0.3) is 6.08 Å². The second-order valence-corrected chi connectivity index (χ2v) is 10.8. The van der Waals surface area contributed by atoms with E-state index >= 15 is 0 Å². The highest BCUT2D eigenvalue weighted by atomic mass is 35.5. The Hall–Kier alpha value is -4.11. The topological polar surface area (TPSA) is 100 Å². The zero-order chi connectivity index (χ0) is 28.5. The normalized spacial score (nSPS) is 11.8. The van der Waals surface area contributed by atoms with E-state index in [9.17, 15) is 14.4 Å². The van der Waals surface area contributed by atoms with Gasteiger partial charge in [0.2, 0.25) is 5.91 Å². The molecule has 0 spiro atoms. The van der Waals surface area contributed by atoms with Crippen LogP contribution in [-0.2, 0) is 9.59 Å². The zero-order valence-electron chi connectivity index (χ0n) is 21.2. The van der Waals surface area contributed by atoms with Gasteiger partial charge >= 0.3 is 0 Å². The molecule has 40 heavy (non-hydrogen) atoms. The minimum atomic E-state index is -0.500. The molecule has 0 aliphatic heterocycles. The number of carbonyl (C=O) groups excluding carboxylic acids is 3. The fraction of sp³-hybridized carbons (Fsp3) is 0.0667. The van der Waals surface area contributed by atoms with E-state index in [0.717, 1.165) is 4.90 Å². The third-order valence-corrected chi connectivity index (χ3v) is 7.18. The van der Waals surface area contributed by atoms with E-state index in [-0.39, 0.29) is 11.6 Å². The molecule has 0 aliphatic carbocycles. The largest absolute Gasteiger partial charge is 0.324 e. The molecule has 1 aromatic heterocycles. The van der Waals surface area contributed by atoms with Gasteiger partial charge in [-0.25, -0.2) is 0 Å². The van der Waals surface area contributed by atoms with Crippen LogP contribution < -0.4 is 16.0 Å². The highest BCUT2D eigenvalue weighted by molar-refractivity contribution is 8.00. The van der Waals surface area contributed by atoms with E-state index in [1.165, 1.54) is 11.8 Å². The smallest absolute Gasteiger partial charge is 0.272 e. The Bertz CT molecular complexity index is 1530. The lowest BCUT2D eigenvalue weighted by molar-refractivity contribution is -0.115. The number of nitrogens with one attached hydrogen (secondary N) is 3. The van der Waals surface area contributed by atoms with Crippen LogP contribution in [-0.4, -0.2) is 28.0 Å². The average molecular weight is 592 g/mol. The van der Waals surface area contributed by atoms with E-state index in [1.54, 1.807) is 110 Å². The maximum Gasteiger partial charge on any atom is 0.272 e. The maximum atomic E-state index is 13.2. The lowest BCUT2D eigenvalue weighted by atomic mass is 10.2. The van der Waals surface area contributed by atoms with E-state index in [1.807, 2.05) is 0 Å². The molecule has 202 valence electrons.